The molecule has 1 aromatic heterocycles. The van der Waals surface area contributed by atoms with Gasteiger partial charge in [0.05, 0.1) is 5.69 Å². The van der Waals surface area contributed by atoms with E-state index in [1.807, 2.05) is 0 Å². The van der Waals surface area contributed by atoms with E-state index < -0.39 is 11.9 Å². The van der Waals surface area contributed by atoms with Gasteiger partial charge in [0.2, 0.25) is 0 Å². The number of pyridine rings is 1. The SMILES string of the molecule is C/C(=N\O)c1cccc(C(F)(F)F)n1. The van der Waals surface area contributed by atoms with E-state index in [4.69, 9.17) is 5.21 Å². The monoisotopic (exact) mass is 204 g/mol. The molecule has 0 aliphatic carbocycles. The highest BCUT2D eigenvalue weighted by Gasteiger charge is 2.32. The average Bonchev–Trinajstić information content (AvgIpc) is 2.15. The Morgan fingerprint density at radius 2 is 2.07 bits per heavy atom. The first kappa shape index (κ1) is 10.5. The lowest BCUT2D eigenvalue weighted by atomic mass is 10.2. The molecule has 0 fully saturated rings. The first-order valence-corrected chi connectivity index (χ1v) is 3.68. The van der Waals surface area contributed by atoms with Crippen molar-refractivity contribution in [2.24, 2.45) is 5.16 Å². The zero-order chi connectivity index (χ0) is 10.8. The fourth-order valence-corrected chi connectivity index (χ4v) is 0.845. The van der Waals surface area contributed by atoms with Crippen LogP contribution in [0.2, 0.25) is 0 Å². The largest absolute Gasteiger partial charge is 0.433 e. The molecule has 0 saturated heterocycles. The number of alkyl halides is 3. The fraction of sp³-hybridized carbons (Fsp3) is 0.250. The van der Waals surface area contributed by atoms with Crippen LogP contribution in [0, 0.1) is 0 Å². The predicted octanol–water partition coefficient (Wildman–Crippen LogP) is 2.30. The van der Waals surface area contributed by atoms with Crippen LogP contribution in [0.15, 0.2) is 23.4 Å². The highest BCUT2D eigenvalue weighted by atomic mass is 19.4. The Morgan fingerprint density at radius 3 is 2.57 bits per heavy atom. The van der Waals surface area contributed by atoms with Crippen LogP contribution in [0.25, 0.3) is 0 Å². The number of nitrogens with zero attached hydrogens (tertiary/aromatic N) is 2. The van der Waals surface area contributed by atoms with Crippen LogP contribution in [-0.2, 0) is 6.18 Å². The minimum atomic E-state index is -4.48. The lowest BCUT2D eigenvalue weighted by Gasteiger charge is -2.06. The summed E-state index contributed by atoms with van der Waals surface area (Å²) in [7, 11) is 0. The minimum Gasteiger partial charge on any atom is -0.411 e. The lowest BCUT2D eigenvalue weighted by molar-refractivity contribution is -0.141. The highest BCUT2D eigenvalue weighted by Crippen LogP contribution is 2.27. The summed E-state index contributed by atoms with van der Waals surface area (Å²) in [5.41, 5.74) is -0.962. The van der Waals surface area contributed by atoms with Gasteiger partial charge in [-0.05, 0) is 19.1 Å². The highest BCUT2D eigenvalue weighted by molar-refractivity contribution is 5.96. The summed E-state index contributed by atoms with van der Waals surface area (Å²) in [6, 6.07) is 3.40. The Hall–Kier alpha value is -1.59. The van der Waals surface area contributed by atoms with E-state index in [1.54, 1.807) is 0 Å². The van der Waals surface area contributed by atoms with Crippen LogP contribution >= 0.6 is 0 Å². The molecule has 0 aliphatic heterocycles. The number of rotatable bonds is 1. The quantitative estimate of drug-likeness (QED) is 0.433. The Kier molecular flexibility index (Phi) is 2.73. The van der Waals surface area contributed by atoms with Gasteiger partial charge >= 0.3 is 6.18 Å². The predicted molar refractivity (Wildman–Crippen MR) is 43.2 cm³/mol. The van der Waals surface area contributed by atoms with Crippen molar-refractivity contribution in [2.45, 2.75) is 13.1 Å². The Balaban J connectivity index is 3.14. The standard InChI is InChI=1S/C8H7F3N2O/c1-5(13-14)6-3-2-4-7(12-6)8(9,10)11/h2-4,14H,1H3/b13-5+. The second-order valence-corrected chi connectivity index (χ2v) is 2.59. The summed E-state index contributed by atoms with van der Waals surface area (Å²) in [4.78, 5) is 3.30. The molecule has 0 saturated carbocycles. The van der Waals surface area contributed by atoms with E-state index in [9.17, 15) is 13.2 Å². The van der Waals surface area contributed by atoms with Crippen molar-refractivity contribution in [1.29, 1.82) is 0 Å². The molecular formula is C8H7F3N2O. The number of halogens is 3. The number of hydrogen-bond donors (Lipinski definition) is 1. The first-order valence-electron chi connectivity index (χ1n) is 3.68. The molecule has 0 bridgehead atoms. The molecule has 0 atom stereocenters. The maximum Gasteiger partial charge on any atom is 0.433 e. The molecule has 3 nitrogen and oxygen atoms in total. The van der Waals surface area contributed by atoms with Gasteiger partial charge in [-0.2, -0.15) is 13.2 Å². The van der Waals surface area contributed by atoms with Gasteiger partial charge in [-0.3, -0.25) is 0 Å². The van der Waals surface area contributed by atoms with Crippen LogP contribution in [0.1, 0.15) is 18.3 Å². The summed E-state index contributed by atoms with van der Waals surface area (Å²) < 4.78 is 36.5. The summed E-state index contributed by atoms with van der Waals surface area (Å²) in [5.74, 6) is 0. The Morgan fingerprint density at radius 1 is 1.43 bits per heavy atom. The van der Waals surface area contributed by atoms with Gasteiger partial charge in [0.1, 0.15) is 11.4 Å². The lowest BCUT2D eigenvalue weighted by Crippen LogP contribution is -2.10. The molecule has 0 amide bonds. The molecule has 6 heteroatoms. The summed E-state index contributed by atoms with van der Waals surface area (Å²) in [6.07, 6.45) is -4.48. The average molecular weight is 204 g/mol. The summed E-state index contributed by atoms with van der Waals surface area (Å²) in [5, 5.41) is 11.1. The molecule has 0 radical (unpaired) electrons. The maximum absolute atomic E-state index is 12.2. The molecule has 1 aromatic rings. The van der Waals surface area contributed by atoms with Gasteiger partial charge in [-0.15, -0.1) is 0 Å². The third kappa shape index (κ3) is 2.21. The van der Waals surface area contributed by atoms with Crippen LogP contribution in [0.3, 0.4) is 0 Å². The van der Waals surface area contributed by atoms with E-state index in [0.29, 0.717) is 0 Å². The van der Waals surface area contributed by atoms with Crippen molar-refractivity contribution < 1.29 is 18.4 Å². The van der Waals surface area contributed by atoms with Gasteiger partial charge in [0, 0.05) is 0 Å². The number of hydrogen-bond acceptors (Lipinski definition) is 3. The van der Waals surface area contributed by atoms with Crippen molar-refractivity contribution in [3.63, 3.8) is 0 Å². The van der Waals surface area contributed by atoms with Crippen LogP contribution in [0.4, 0.5) is 13.2 Å². The van der Waals surface area contributed by atoms with Crippen molar-refractivity contribution >= 4 is 5.71 Å². The second kappa shape index (κ2) is 3.65. The molecule has 1 heterocycles. The van der Waals surface area contributed by atoms with Crippen molar-refractivity contribution in [1.82, 2.24) is 4.98 Å². The molecule has 1 N–H and O–H groups in total. The van der Waals surface area contributed by atoms with Crippen molar-refractivity contribution in [3.05, 3.63) is 29.6 Å². The van der Waals surface area contributed by atoms with Crippen molar-refractivity contribution in [2.75, 3.05) is 0 Å². The Labute approximate surface area is 77.9 Å². The molecule has 0 spiro atoms. The molecule has 0 aliphatic rings. The summed E-state index contributed by atoms with van der Waals surface area (Å²) in [6.45, 7) is 1.36. The smallest absolute Gasteiger partial charge is 0.411 e. The topological polar surface area (TPSA) is 45.5 Å². The molecule has 14 heavy (non-hydrogen) atoms. The third-order valence-electron chi connectivity index (χ3n) is 1.56. The van der Waals surface area contributed by atoms with E-state index in [-0.39, 0.29) is 11.4 Å². The first-order chi connectivity index (χ1) is 6.45. The Bertz CT molecular complexity index is 360. The fourth-order valence-electron chi connectivity index (χ4n) is 0.845. The minimum absolute atomic E-state index is 0.00215. The van der Waals surface area contributed by atoms with Crippen molar-refractivity contribution in [3.8, 4) is 0 Å². The van der Waals surface area contributed by atoms with Gasteiger partial charge < -0.3 is 5.21 Å². The number of aromatic nitrogens is 1. The summed E-state index contributed by atoms with van der Waals surface area (Å²) >= 11 is 0. The van der Waals surface area contributed by atoms with Crippen LogP contribution in [-0.4, -0.2) is 15.9 Å². The van der Waals surface area contributed by atoms with Crippen LogP contribution < -0.4 is 0 Å². The van der Waals surface area contributed by atoms with E-state index in [2.05, 4.69) is 10.1 Å². The zero-order valence-corrected chi connectivity index (χ0v) is 7.21. The third-order valence-corrected chi connectivity index (χ3v) is 1.56. The molecule has 0 unspecified atom stereocenters. The van der Waals surface area contributed by atoms with Gasteiger partial charge in [-0.25, -0.2) is 4.98 Å². The van der Waals surface area contributed by atoms with E-state index >= 15 is 0 Å². The number of oxime groups is 1. The molecule has 76 valence electrons. The van der Waals surface area contributed by atoms with Gasteiger partial charge in [0.15, 0.2) is 0 Å². The van der Waals surface area contributed by atoms with E-state index in [0.717, 1.165) is 6.07 Å². The molecular weight excluding hydrogens is 197 g/mol. The van der Waals surface area contributed by atoms with E-state index in [1.165, 1.54) is 19.1 Å². The van der Waals surface area contributed by atoms with Gasteiger partial charge in [-0.1, -0.05) is 11.2 Å². The zero-order valence-electron chi connectivity index (χ0n) is 7.21. The molecule has 1 rings (SSSR count). The second-order valence-electron chi connectivity index (χ2n) is 2.59. The van der Waals surface area contributed by atoms with Gasteiger partial charge in [0.25, 0.3) is 0 Å². The van der Waals surface area contributed by atoms with Crippen LogP contribution in [0.5, 0.6) is 0 Å². The molecule has 0 aromatic carbocycles. The maximum atomic E-state index is 12.2. The normalized spacial score (nSPS) is 13.0.